The van der Waals surface area contributed by atoms with E-state index < -0.39 is 0 Å². The highest BCUT2D eigenvalue weighted by Crippen LogP contribution is 2.32. The van der Waals surface area contributed by atoms with Gasteiger partial charge in [-0.05, 0) is 66.4 Å². The minimum atomic E-state index is -0.0886. The Balaban J connectivity index is 1.67. The van der Waals surface area contributed by atoms with E-state index in [0.29, 0.717) is 0 Å². The third kappa shape index (κ3) is 4.23. The van der Waals surface area contributed by atoms with Crippen molar-refractivity contribution in [3.63, 3.8) is 0 Å². The zero-order valence-corrected chi connectivity index (χ0v) is 15.3. The van der Waals surface area contributed by atoms with Crippen LogP contribution in [0.3, 0.4) is 0 Å². The Bertz CT molecular complexity index is 772. The lowest BCUT2D eigenvalue weighted by Gasteiger charge is -2.24. The van der Waals surface area contributed by atoms with Crippen LogP contribution in [0.15, 0.2) is 53.4 Å². The van der Waals surface area contributed by atoms with Crippen LogP contribution in [0.25, 0.3) is 0 Å². The van der Waals surface area contributed by atoms with Crippen LogP contribution in [0.1, 0.15) is 29.9 Å². The number of rotatable bonds is 3. The Morgan fingerprint density at radius 3 is 2.52 bits per heavy atom. The average molecular weight is 354 g/mol. The first-order chi connectivity index (χ1) is 12.0. The third-order valence-electron chi connectivity index (χ3n) is 4.38. The molecule has 2 aromatic rings. The van der Waals surface area contributed by atoms with E-state index in [0.717, 1.165) is 35.4 Å². The summed E-state index contributed by atoms with van der Waals surface area (Å²) in [7, 11) is 3.46. The monoisotopic (exact) mass is 354 g/mol. The topological polar surface area (TPSA) is 49.4 Å². The second kappa shape index (κ2) is 7.74. The van der Waals surface area contributed by atoms with Gasteiger partial charge in [-0.2, -0.15) is 0 Å². The van der Waals surface area contributed by atoms with Gasteiger partial charge in [0.1, 0.15) is 0 Å². The molecule has 130 valence electrons. The standard InChI is InChI=1S/C20H22N2O2S/c1-22(2)20(24)25-16-12-10-15(11-13-16)21-19(23)18-9-5-7-14-6-3-4-8-17(14)18/h3-4,6,8,10-13,18H,5,7,9H2,1-2H3,(H,21,23). The van der Waals surface area contributed by atoms with Crippen molar-refractivity contribution in [3.8, 4) is 0 Å². The van der Waals surface area contributed by atoms with Gasteiger partial charge in [-0.1, -0.05) is 24.3 Å². The van der Waals surface area contributed by atoms with E-state index in [1.54, 1.807) is 19.0 Å². The molecule has 0 saturated carbocycles. The Labute approximate surface area is 152 Å². The van der Waals surface area contributed by atoms with Crippen LogP contribution >= 0.6 is 11.8 Å². The van der Waals surface area contributed by atoms with E-state index in [1.165, 1.54) is 17.3 Å². The zero-order valence-electron chi connectivity index (χ0n) is 14.5. The van der Waals surface area contributed by atoms with Crippen LogP contribution in [0.2, 0.25) is 0 Å². The first-order valence-electron chi connectivity index (χ1n) is 8.42. The summed E-state index contributed by atoms with van der Waals surface area (Å²) in [5.74, 6) is -0.0498. The number of amides is 2. The van der Waals surface area contributed by atoms with Crippen molar-refractivity contribution in [3.05, 3.63) is 59.7 Å². The maximum atomic E-state index is 12.7. The molecule has 0 bridgehead atoms. The summed E-state index contributed by atoms with van der Waals surface area (Å²) in [5, 5.41) is 2.99. The molecular weight excluding hydrogens is 332 g/mol. The molecule has 1 N–H and O–H groups in total. The number of thioether (sulfide) groups is 1. The van der Waals surface area contributed by atoms with E-state index in [9.17, 15) is 9.59 Å². The molecule has 25 heavy (non-hydrogen) atoms. The van der Waals surface area contributed by atoms with Crippen LogP contribution in [-0.4, -0.2) is 30.1 Å². The van der Waals surface area contributed by atoms with Gasteiger partial charge in [0, 0.05) is 24.7 Å². The number of benzene rings is 2. The molecule has 3 rings (SSSR count). The number of anilines is 1. The maximum Gasteiger partial charge on any atom is 0.285 e. The van der Waals surface area contributed by atoms with Gasteiger partial charge in [-0.15, -0.1) is 0 Å². The van der Waals surface area contributed by atoms with Crippen molar-refractivity contribution < 1.29 is 9.59 Å². The summed E-state index contributed by atoms with van der Waals surface area (Å²) >= 11 is 1.17. The summed E-state index contributed by atoms with van der Waals surface area (Å²) in [6, 6.07) is 15.6. The average Bonchev–Trinajstić information content (AvgIpc) is 2.62. The van der Waals surface area contributed by atoms with Gasteiger partial charge in [-0.25, -0.2) is 0 Å². The van der Waals surface area contributed by atoms with Gasteiger partial charge in [-0.3, -0.25) is 9.59 Å². The fourth-order valence-corrected chi connectivity index (χ4v) is 3.71. The molecule has 1 unspecified atom stereocenters. The van der Waals surface area contributed by atoms with Gasteiger partial charge in [0.2, 0.25) is 5.91 Å². The molecule has 0 spiro atoms. The molecule has 0 saturated heterocycles. The maximum absolute atomic E-state index is 12.7. The van der Waals surface area contributed by atoms with Crippen molar-refractivity contribution in [2.45, 2.75) is 30.1 Å². The fourth-order valence-electron chi connectivity index (χ4n) is 3.05. The largest absolute Gasteiger partial charge is 0.339 e. The molecule has 1 atom stereocenters. The Kier molecular flexibility index (Phi) is 5.43. The lowest BCUT2D eigenvalue weighted by molar-refractivity contribution is -0.117. The summed E-state index contributed by atoms with van der Waals surface area (Å²) in [5.41, 5.74) is 3.19. The normalized spacial score (nSPS) is 16.0. The molecule has 0 fully saturated rings. The second-order valence-corrected chi connectivity index (χ2v) is 7.44. The Hall–Kier alpha value is -2.27. The molecule has 2 aromatic carbocycles. The van der Waals surface area contributed by atoms with Crippen LogP contribution in [-0.2, 0) is 11.2 Å². The highest BCUT2D eigenvalue weighted by molar-refractivity contribution is 8.13. The molecule has 0 aliphatic heterocycles. The minimum absolute atomic E-state index is 0.0180. The number of fused-ring (bicyclic) bond motifs is 1. The van der Waals surface area contributed by atoms with E-state index in [-0.39, 0.29) is 17.1 Å². The number of hydrogen-bond donors (Lipinski definition) is 1. The molecule has 5 heteroatoms. The predicted molar refractivity (Wildman–Crippen MR) is 102 cm³/mol. The smallest absolute Gasteiger partial charge is 0.285 e. The van der Waals surface area contributed by atoms with Crippen molar-refractivity contribution in [2.24, 2.45) is 0 Å². The summed E-state index contributed by atoms with van der Waals surface area (Å²) in [6.07, 6.45) is 2.97. The van der Waals surface area contributed by atoms with Gasteiger partial charge in [0.05, 0.1) is 5.92 Å². The molecule has 0 heterocycles. The van der Waals surface area contributed by atoms with Gasteiger partial charge in [0.25, 0.3) is 5.24 Å². The van der Waals surface area contributed by atoms with Crippen LogP contribution in [0, 0.1) is 0 Å². The molecular formula is C20H22N2O2S. The van der Waals surface area contributed by atoms with Crippen LogP contribution < -0.4 is 5.32 Å². The number of nitrogens with zero attached hydrogens (tertiary/aromatic N) is 1. The number of nitrogens with one attached hydrogen (secondary N) is 1. The summed E-state index contributed by atoms with van der Waals surface area (Å²) in [6.45, 7) is 0. The first-order valence-corrected chi connectivity index (χ1v) is 9.24. The van der Waals surface area contributed by atoms with Crippen molar-refractivity contribution in [2.75, 3.05) is 19.4 Å². The number of carbonyl (C=O) groups excluding carboxylic acids is 2. The highest BCUT2D eigenvalue weighted by Gasteiger charge is 2.26. The third-order valence-corrected chi connectivity index (χ3v) is 5.43. The highest BCUT2D eigenvalue weighted by atomic mass is 32.2. The van der Waals surface area contributed by atoms with Gasteiger partial charge < -0.3 is 10.2 Å². The second-order valence-electron chi connectivity index (χ2n) is 6.42. The molecule has 4 nitrogen and oxygen atoms in total. The van der Waals surface area contributed by atoms with Crippen molar-refractivity contribution in [1.82, 2.24) is 4.90 Å². The zero-order chi connectivity index (χ0) is 17.8. The van der Waals surface area contributed by atoms with E-state index in [4.69, 9.17) is 0 Å². The summed E-state index contributed by atoms with van der Waals surface area (Å²) in [4.78, 5) is 26.8. The number of carbonyl (C=O) groups is 2. The first kappa shape index (κ1) is 17.5. The lowest BCUT2D eigenvalue weighted by Crippen LogP contribution is -2.24. The van der Waals surface area contributed by atoms with Crippen LogP contribution in [0.4, 0.5) is 10.5 Å². The Morgan fingerprint density at radius 1 is 1.08 bits per heavy atom. The van der Waals surface area contributed by atoms with Gasteiger partial charge >= 0.3 is 0 Å². The van der Waals surface area contributed by atoms with Gasteiger partial charge in [0.15, 0.2) is 0 Å². The molecule has 0 aromatic heterocycles. The molecule has 0 radical (unpaired) electrons. The fraction of sp³-hybridized carbons (Fsp3) is 0.300. The molecule has 2 amide bonds. The predicted octanol–water partition coefficient (Wildman–Crippen LogP) is 4.52. The number of aryl methyl sites for hydroxylation is 1. The van der Waals surface area contributed by atoms with E-state index in [2.05, 4.69) is 17.4 Å². The molecule has 1 aliphatic rings. The SMILES string of the molecule is CN(C)C(=O)Sc1ccc(NC(=O)C2CCCc3ccccc32)cc1. The quantitative estimate of drug-likeness (QED) is 0.825. The lowest BCUT2D eigenvalue weighted by atomic mass is 9.82. The molecule has 1 aliphatic carbocycles. The minimum Gasteiger partial charge on any atom is -0.339 e. The Morgan fingerprint density at radius 2 is 1.80 bits per heavy atom. The van der Waals surface area contributed by atoms with Crippen molar-refractivity contribution >= 4 is 28.6 Å². The summed E-state index contributed by atoms with van der Waals surface area (Å²) < 4.78 is 0. The van der Waals surface area contributed by atoms with Crippen LogP contribution in [0.5, 0.6) is 0 Å². The number of hydrogen-bond acceptors (Lipinski definition) is 3. The van der Waals surface area contributed by atoms with Crippen molar-refractivity contribution in [1.29, 1.82) is 0 Å². The van der Waals surface area contributed by atoms with E-state index in [1.807, 2.05) is 36.4 Å². The van der Waals surface area contributed by atoms with E-state index >= 15 is 0 Å².